The Balaban J connectivity index is 2.15. The third kappa shape index (κ3) is 4.98. The predicted octanol–water partition coefficient (Wildman–Crippen LogP) is 1.87. The van der Waals surface area contributed by atoms with Crippen molar-refractivity contribution in [1.82, 2.24) is 14.5 Å². The lowest BCUT2D eigenvalue weighted by atomic mass is 9.95. The summed E-state index contributed by atoms with van der Waals surface area (Å²) in [7, 11) is 0. The van der Waals surface area contributed by atoms with Gasteiger partial charge in [-0.15, -0.1) is 0 Å². The molecule has 0 aromatic carbocycles. The second kappa shape index (κ2) is 9.43. The summed E-state index contributed by atoms with van der Waals surface area (Å²) in [5.74, 6) is -1.89. The molecule has 2 aromatic heterocycles. The summed E-state index contributed by atoms with van der Waals surface area (Å²) >= 11 is 3.44. The lowest BCUT2D eigenvalue weighted by molar-refractivity contribution is -0.184. The van der Waals surface area contributed by atoms with Crippen LogP contribution in [-0.2, 0) is 38.1 Å². The van der Waals surface area contributed by atoms with Crippen molar-refractivity contribution in [3.8, 4) is 0 Å². The van der Waals surface area contributed by atoms with Crippen LogP contribution in [0, 0.1) is 0 Å². The Bertz CT molecular complexity index is 1120. The monoisotopic (exact) mass is 526 g/mol. The van der Waals surface area contributed by atoms with E-state index in [1.165, 1.54) is 34.0 Å². The molecule has 1 aliphatic heterocycles. The first-order chi connectivity index (χ1) is 15.4. The van der Waals surface area contributed by atoms with Crippen LogP contribution in [0.15, 0.2) is 17.0 Å². The molecule has 0 saturated carbocycles. The standard InChI is InChI=1S/C20H23BrN4O8/c1-9(26)24-17-15-13(21)6-25(18(15)23-8-22-17)19-20(5,33-12(4)29)16(31-11(3)28)14(32-19)7-30-10(2)27/h6,8,14,16,19H,7H2,1-5H3,(H,22,23,24,26)/t14-,16-,19-,20-/m1/s1. The van der Waals surface area contributed by atoms with Crippen LogP contribution < -0.4 is 5.32 Å². The molecule has 1 fully saturated rings. The van der Waals surface area contributed by atoms with Gasteiger partial charge < -0.3 is 28.8 Å². The van der Waals surface area contributed by atoms with Crippen molar-refractivity contribution in [2.45, 2.75) is 58.7 Å². The number of nitrogens with zero attached hydrogens (tertiary/aromatic N) is 3. The summed E-state index contributed by atoms with van der Waals surface area (Å²) in [6.45, 7) is 6.31. The summed E-state index contributed by atoms with van der Waals surface area (Å²) in [6, 6.07) is 0. The zero-order valence-corrected chi connectivity index (χ0v) is 20.2. The topological polar surface area (TPSA) is 148 Å². The Hall–Kier alpha value is -3.06. The third-order valence-corrected chi connectivity index (χ3v) is 5.52. The Morgan fingerprint density at radius 3 is 2.42 bits per heavy atom. The normalized spacial score (nSPS) is 24.4. The molecule has 178 valence electrons. The van der Waals surface area contributed by atoms with E-state index in [0.29, 0.717) is 15.5 Å². The van der Waals surface area contributed by atoms with Crippen molar-refractivity contribution >= 4 is 56.6 Å². The number of carbonyl (C=O) groups is 4. The van der Waals surface area contributed by atoms with E-state index in [1.54, 1.807) is 17.7 Å². The molecular weight excluding hydrogens is 504 g/mol. The molecule has 1 amide bonds. The van der Waals surface area contributed by atoms with Crippen molar-refractivity contribution in [3.63, 3.8) is 0 Å². The van der Waals surface area contributed by atoms with Gasteiger partial charge in [-0.05, 0) is 22.9 Å². The van der Waals surface area contributed by atoms with Crippen LogP contribution in [-0.4, -0.2) is 62.8 Å². The number of rotatable bonds is 6. The predicted molar refractivity (Wildman–Crippen MR) is 116 cm³/mol. The van der Waals surface area contributed by atoms with Gasteiger partial charge >= 0.3 is 17.9 Å². The summed E-state index contributed by atoms with van der Waals surface area (Å²) in [5.41, 5.74) is -1.17. The average Bonchev–Trinajstić information content (AvgIpc) is 3.14. The molecule has 0 unspecified atom stereocenters. The summed E-state index contributed by atoms with van der Waals surface area (Å²) < 4.78 is 24.4. The van der Waals surface area contributed by atoms with Gasteiger partial charge in [0.1, 0.15) is 30.5 Å². The van der Waals surface area contributed by atoms with Crippen LogP contribution in [0.4, 0.5) is 5.82 Å². The highest BCUT2D eigenvalue weighted by atomic mass is 79.9. The van der Waals surface area contributed by atoms with Crippen LogP contribution in [0.5, 0.6) is 0 Å². The molecule has 4 atom stereocenters. The lowest BCUT2D eigenvalue weighted by Gasteiger charge is -2.34. The molecule has 13 heteroatoms. The first kappa shape index (κ1) is 24.6. The van der Waals surface area contributed by atoms with Crippen LogP contribution in [0.2, 0.25) is 0 Å². The van der Waals surface area contributed by atoms with Gasteiger partial charge in [0.25, 0.3) is 0 Å². The lowest BCUT2D eigenvalue weighted by Crippen LogP contribution is -2.50. The molecule has 2 aromatic rings. The fourth-order valence-electron chi connectivity index (χ4n) is 3.82. The van der Waals surface area contributed by atoms with Crippen LogP contribution in [0.25, 0.3) is 11.0 Å². The number of fused-ring (bicyclic) bond motifs is 1. The molecule has 1 saturated heterocycles. The van der Waals surface area contributed by atoms with Crippen molar-refractivity contribution in [2.24, 2.45) is 0 Å². The number of nitrogens with one attached hydrogen (secondary N) is 1. The fraction of sp³-hybridized carbons (Fsp3) is 0.500. The number of ether oxygens (including phenoxy) is 4. The van der Waals surface area contributed by atoms with Gasteiger partial charge in [0, 0.05) is 38.4 Å². The molecule has 0 aliphatic carbocycles. The second-order valence-corrected chi connectivity index (χ2v) is 8.48. The molecule has 3 rings (SSSR count). The van der Waals surface area contributed by atoms with E-state index in [1.807, 2.05) is 0 Å². The van der Waals surface area contributed by atoms with Gasteiger partial charge in [0.15, 0.2) is 17.9 Å². The van der Waals surface area contributed by atoms with E-state index in [0.717, 1.165) is 0 Å². The maximum absolute atomic E-state index is 12.0. The molecule has 3 heterocycles. The van der Waals surface area contributed by atoms with E-state index in [4.69, 9.17) is 18.9 Å². The Kier molecular flexibility index (Phi) is 7.03. The minimum absolute atomic E-state index is 0.243. The SMILES string of the molecule is CC(=O)Nc1ncnc2c1c(Br)cn2[C@@H]1O[C@H](COC(C)=O)[C@@H](OC(C)=O)[C@@]1(C)OC(C)=O. The van der Waals surface area contributed by atoms with E-state index in [9.17, 15) is 19.2 Å². The number of hydrogen-bond donors (Lipinski definition) is 1. The number of amides is 1. The molecule has 1 aliphatic rings. The largest absolute Gasteiger partial charge is 0.463 e. The Morgan fingerprint density at radius 2 is 1.85 bits per heavy atom. The number of hydrogen-bond acceptors (Lipinski definition) is 10. The number of aromatic nitrogens is 3. The van der Waals surface area contributed by atoms with Gasteiger partial charge in [-0.2, -0.15) is 0 Å². The van der Waals surface area contributed by atoms with Gasteiger partial charge in [-0.25, -0.2) is 9.97 Å². The van der Waals surface area contributed by atoms with Crippen molar-refractivity contribution in [2.75, 3.05) is 11.9 Å². The minimum atomic E-state index is -1.52. The quantitative estimate of drug-likeness (QED) is 0.436. The fourth-order valence-corrected chi connectivity index (χ4v) is 4.41. The number of carbonyl (C=O) groups excluding carboxylic acids is 4. The van der Waals surface area contributed by atoms with Gasteiger partial charge in [-0.1, -0.05) is 0 Å². The zero-order chi connectivity index (χ0) is 24.5. The minimum Gasteiger partial charge on any atom is -0.463 e. The van der Waals surface area contributed by atoms with E-state index >= 15 is 0 Å². The molecule has 0 bridgehead atoms. The molecule has 0 radical (unpaired) electrons. The smallest absolute Gasteiger partial charge is 0.303 e. The van der Waals surface area contributed by atoms with Gasteiger partial charge in [-0.3, -0.25) is 19.2 Å². The highest BCUT2D eigenvalue weighted by molar-refractivity contribution is 9.10. The first-order valence-electron chi connectivity index (χ1n) is 9.88. The third-order valence-electron chi connectivity index (χ3n) is 4.91. The summed E-state index contributed by atoms with van der Waals surface area (Å²) in [4.78, 5) is 55.3. The van der Waals surface area contributed by atoms with Crippen molar-refractivity contribution in [1.29, 1.82) is 0 Å². The zero-order valence-electron chi connectivity index (χ0n) is 18.6. The van der Waals surface area contributed by atoms with E-state index in [-0.39, 0.29) is 18.3 Å². The number of anilines is 1. The van der Waals surface area contributed by atoms with E-state index < -0.39 is 41.9 Å². The molecular formula is C20H23BrN4O8. The van der Waals surface area contributed by atoms with Crippen LogP contribution >= 0.6 is 15.9 Å². The van der Waals surface area contributed by atoms with Crippen LogP contribution in [0.3, 0.4) is 0 Å². The summed E-state index contributed by atoms with van der Waals surface area (Å²) in [5, 5.41) is 3.12. The first-order valence-corrected chi connectivity index (χ1v) is 10.7. The van der Waals surface area contributed by atoms with Crippen molar-refractivity contribution < 1.29 is 38.1 Å². The van der Waals surface area contributed by atoms with E-state index in [2.05, 4.69) is 31.2 Å². The summed E-state index contributed by atoms with van der Waals surface area (Å²) in [6.07, 6.45) is -0.207. The number of esters is 3. The maximum Gasteiger partial charge on any atom is 0.303 e. The molecule has 33 heavy (non-hydrogen) atoms. The Labute approximate surface area is 197 Å². The molecule has 1 N–H and O–H groups in total. The molecule has 0 spiro atoms. The van der Waals surface area contributed by atoms with Gasteiger partial charge in [0.05, 0.1) is 5.39 Å². The maximum atomic E-state index is 12.0. The Morgan fingerprint density at radius 1 is 1.15 bits per heavy atom. The highest BCUT2D eigenvalue weighted by Gasteiger charge is 2.60. The molecule has 12 nitrogen and oxygen atoms in total. The van der Waals surface area contributed by atoms with Gasteiger partial charge in [0.2, 0.25) is 5.91 Å². The van der Waals surface area contributed by atoms with Crippen molar-refractivity contribution in [3.05, 3.63) is 17.0 Å². The average molecular weight is 527 g/mol. The highest BCUT2D eigenvalue weighted by Crippen LogP contribution is 2.45. The van der Waals surface area contributed by atoms with Crippen LogP contribution in [0.1, 0.15) is 40.8 Å². The second-order valence-electron chi connectivity index (χ2n) is 7.62. The number of halogens is 1.